The summed E-state index contributed by atoms with van der Waals surface area (Å²) in [6.07, 6.45) is 8.31. The van der Waals surface area contributed by atoms with Gasteiger partial charge in [0.15, 0.2) is 0 Å². The molecule has 0 amide bonds. The lowest BCUT2D eigenvalue weighted by Crippen LogP contribution is -2.16. The van der Waals surface area contributed by atoms with Crippen LogP contribution in [0.2, 0.25) is 0 Å². The second-order valence-corrected chi connectivity index (χ2v) is 13.1. The summed E-state index contributed by atoms with van der Waals surface area (Å²) in [5.74, 6) is 0. The molecule has 0 bridgehead atoms. The van der Waals surface area contributed by atoms with E-state index in [0.717, 1.165) is 25.7 Å². The van der Waals surface area contributed by atoms with Crippen molar-refractivity contribution in [3.05, 3.63) is 69.8 Å². The first-order valence-electron chi connectivity index (χ1n) is 12.7. The van der Waals surface area contributed by atoms with E-state index >= 15 is 0 Å². The Kier molecular flexibility index (Phi) is 6.86. The number of rotatable bonds is 4. The lowest BCUT2D eigenvalue weighted by atomic mass is 9.75. The van der Waals surface area contributed by atoms with E-state index in [1.54, 1.807) is 11.1 Å². The van der Waals surface area contributed by atoms with Crippen molar-refractivity contribution in [2.24, 2.45) is 5.41 Å². The molecule has 0 spiro atoms. The minimum atomic E-state index is 0.183. The van der Waals surface area contributed by atoms with Gasteiger partial charge in [-0.1, -0.05) is 104 Å². The summed E-state index contributed by atoms with van der Waals surface area (Å²) >= 11 is 0. The lowest BCUT2D eigenvalue weighted by molar-refractivity contribution is 0.501. The van der Waals surface area contributed by atoms with E-state index in [9.17, 15) is 0 Å². The van der Waals surface area contributed by atoms with E-state index in [-0.39, 0.29) is 16.2 Å². The first-order chi connectivity index (χ1) is 14.7. The van der Waals surface area contributed by atoms with Crippen LogP contribution in [0, 0.1) is 5.41 Å². The van der Waals surface area contributed by atoms with Crippen molar-refractivity contribution in [2.75, 3.05) is 0 Å². The third-order valence-electron chi connectivity index (χ3n) is 7.36. The van der Waals surface area contributed by atoms with Crippen molar-refractivity contribution in [2.45, 2.75) is 112 Å². The van der Waals surface area contributed by atoms with Gasteiger partial charge in [-0.2, -0.15) is 0 Å². The lowest BCUT2D eigenvalue weighted by Gasteiger charge is -2.29. The normalized spacial score (nSPS) is 14.9. The third-order valence-corrected chi connectivity index (χ3v) is 7.36. The van der Waals surface area contributed by atoms with Crippen LogP contribution in [0.25, 0.3) is 11.1 Å². The second-order valence-electron chi connectivity index (χ2n) is 13.1. The average molecular weight is 431 g/mol. The molecule has 1 aliphatic rings. The summed E-state index contributed by atoms with van der Waals surface area (Å²) in [5, 5.41) is 0. The van der Waals surface area contributed by atoms with Crippen LogP contribution in [0.4, 0.5) is 0 Å². The molecular weight excluding hydrogens is 384 g/mol. The molecule has 1 aliphatic carbocycles. The Hall–Kier alpha value is -1.82. The van der Waals surface area contributed by atoms with Crippen LogP contribution in [0.3, 0.4) is 0 Å². The molecule has 0 unspecified atom stereocenters. The van der Waals surface area contributed by atoms with Gasteiger partial charge in [0.25, 0.3) is 0 Å². The fraction of sp³-hybridized carbons (Fsp3) is 0.562. The number of allylic oxidation sites excluding steroid dienone is 2. The monoisotopic (exact) mass is 430 g/mol. The molecule has 2 aromatic rings. The van der Waals surface area contributed by atoms with Gasteiger partial charge in [0.05, 0.1) is 0 Å². The minimum absolute atomic E-state index is 0.183. The maximum atomic E-state index is 2.52. The summed E-state index contributed by atoms with van der Waals surface area (Å²) in [6.45, 7) is 23.2. The molecule has 0 heterocycles. The fourth-order valence-corrected chi connectivity index (χ4v) is 4.64. The van der Waals surface area contributed by atoms with Crippen LogP contribution in [0.1, 0.15) is 110 Å². The van der Waals surface area contributed by atoms with Crippen LogP contribution in [-0.4, -0.2) is 0 Å². The molecule has 0 radical (unpaired) electrons. The zero-order valence-electron chi connectivity index (χ0n) is 22.5. The first-order valence-corrected chi connectivity index (χ1v) is 12.7. The summed E-state index contributed by atoms with van der Waals surface area (Å²) in [4.78, 5) is 0. The Morgan fingerprint density at radius 1 is 0.781 bits per heavy atom. The Morgan fingerprint density at radius 2 is 1.38 bits per heavy atom. The second kappa shape index (κ2) is 8.85. The van der Waals surface area contributed by atoms with Crippen LogP contribution in [0.15, 0.2) is 42.0 Å². The largest absolute Gasteiger partial charge is 0.0851 e. The smallest absolute Gasteiger partial charge is 0.0117 e. The van der Waals surface area contributed by atoms with Crippen molar-refractivity contribution in [3.63, 3.8) is 0 Å². The molecule has 174 valence electrons. The summed E-state index contributed by atoms with van der Waals surface area (Å²) in [6, 6.07) is 12.3. The molecule has 0 N–H and O–H groups in total. The highest BCUT2D eigenvalue weighted by atomic mass is 14.3. The number of fused-ring (bicyclic) bond motifs is 3. The molecule has 0 nitrogen and oxygen atoms in total. The number of aryl methyl sites for hydroxylation is 3. The number of hydrogen-bond donors (Lipinski definition) is 0. The van der Waals surface area contributed by atoms with E-state index in [1.807, 2.05) is 0 Å². The fourth-order valence-electron chi connectivity index (χ4n) is 4.64. The van der Waals surface area contributed by atoms with Gasteiger partial charge >= 0.3 is 0 Å². The SMILES string of the molecule is C/C(=C\CCCc1cc(C(C)(C)C)cc2c1-c1ccc(C(C)(C)C)cc1CC2)C(C)(C)C. The maximum Gasteiger partial charge on any atom is -0.0117 e. The molecule has 32 heavy (non-hydrogen) atoms. The van der Waals surface area contributed by atoms with Gasteiger partial charge in [0, 0.05) is 0 Å². The molecule has 0 saturated carbocycles. The summed E-state index contributed by atoms with van der Waals surface area (Å²) in [7, 11) is 0. The number of unbranched alkanes of at least 4 members (excludes halogenated alkanes) is 1. The highest BCUT2D eigenvalue weighted by Crippen LogP contribution is 2.41. The van der Waals surface area contributed by atoms with Gasteiger partial charge in [0.2, 0.25) is 0 Å². The van der Waals surface area contributed by atoms with Crippen LogP contribution >= 0.6 is 0 Å². The third kappa shape index (κ3) is 5.56. The quantitative estimate of drug-likeness (QED) is 0.335. The first kappa shape index (κ1) is 24.8. The Bertz CT molecular complexity index is 994. The van der Waals surface area contributed by atoms with E-state index in [1.165, 1.54) is 39.8 Å². The molecule has 0 heteroatoms. The van der Waals surface area contributed by atoms with E-state index in [0.29, 0.717) is 0 Å². The van der Waals surface area contributed by atoms with Crippen LogP contribution in [0.5, 0.6) is 0 Å². The van der Waals surface area contributed by atoms with Crippen molar-refractivity contribution in [3.8, 4) is 11.1 Å². The molecule has 0 saturated heterocycles. The number of benzene rings is 2. The predicted octanol–water partition coefficient (Wildman–Crippen LogP) is 9.36. The minimum Gasteiger partial charge on any atom is -0.0851 e. The zero-order valence-corrected chi connectivity index (χ0v) is 22.5. The Balaban J connectivity index is 2.00. The summed E-state index contributed by atoms with van der Waals surface area (Å²) < 4.78 is 0. The van der Waals surface area contributed by atoms with Crippen LogP contribution < -0.4 is 0 Å². The van der Waals surface area contributed by atoms with Gasteiger partial charge in [-0.15, -0.1) is 0 Å². The molecule has 2 aromatic carbocycles. The standard InChI is InChI=1S/C32H46/c1-22(30(2,3)4)13-11-12-14-24-20-27(32(8,9)10)21-25-16-15-23-19-26(31(5,6)7)17-18-28(23)29(24)25/h13,17-21H,11-12,14-16H2,1-10H3/b22-13+. The van der Waals surface area contributed by atoms with Gasteiger partial charge in [-0.3, -0.25) is 0 Å². The van der Waals surface area contributed by atoms with Crippen LogP contribution in [-0.2, 0) is 30.1 Å². The highest BCUT2D eigenvalue weighted by Gasteiger charge is 2.25. The molecule has 0 fully saturated rings. The Morgan fingerprint density at radius 3 is 1.97 bits per heavy atom. The number of hydrogen-bond acceptors (Lipinski definition) is 0. The van der Waals surface area contributed by atoms with E-state index in [2.05, 4.69) is 106 Å². The molecule has 0 atom stereocenters. The van der Waals surface area contributed by atoms with Crippen molar-refractivity contribution in [1.29, 1.82) is 0 Å². The summed E-state index contributed by atoms with van der Waals surface area (Å²) in [5.41, 5.74) is 12.8. The topological polar surface area (TPSA) is 0 Å². The van der Waals surface area contributed by atoms with Crippen molar-refractivity contribution in [1.82, 2.24) is 0 Å². The highest BCUT2D eigenvalue weighted by molar-refractivity contribution is 5.77. The maximum absolute atomic E-state index is 2.52. The molecule has 0 aromatic heterocycles. The van der Waals surface area contributed by atoms with Gasteiger partial charge in [-0.05, 0) is 94.2 Å². The Labute approximate surface area is 198 Å². The molecule has 3 rings (SSSR count). The van der Waals surface area contributed by atoms with Crippen molar-refractivity contribution >= 4 is 0 Å². The van der Waals surface area contributed by atoms with E-state index in [4.69, 9.17) is 0 Å². The average Bonchev–Trinajstić information content (AvgIpc) is 2.67. The van der Waals surface area contributed by atoms with Gasteiger partial charge in [0.1, 0.15) is 0 Å². The van der Waals surface area contributed by atoms with E-state index < -0.39 is 0 Å². The predicted molar refractivity (Wildman–Crippen MR) is 143 cm³/mol. The van der Waals surface area contributed by atoms with Gasteiger partial charge < -0.3 is 0 Å². The molecular formula is C32H46. The van der Waals surface area contributed by atoms with Crippen molar-refractivity contribution < 1.29 is 0 Å². The van der Waals surface area contributed by atoms with Gasteiger partial charge in [-0.25, -0.2) is 0 Å². The zero-order chi connectivity index (χ0) is 23.9. The molecule has 0 aliphatic heterocycles.